The maximum absolute atomic E-state index is 12.8. The maximum atomic E-state index is 12.8. The smallest absolute Gasteiger partial charge is 0.339 e. The Labute approximate surface area is 204 Å². The van der Waals surface area contributed by atoms with Crippen molar-refractivity contribution >= 4 is 38.8 Å². The molecule has 5 heteroatoms. The molecule has 2 aromatic heterocycles. The Morgan fingerprint density at radius 2 is 1.69 bits per heavy atom. The van der Waals surface area contributed by atoms with Crippen LogP contribution in [0.15, 0.2) is 72.8 Å². The van der Waals surface area contributed by atoms with Gasteiger partial charge in [0.25, 0.3) is 0 Å². The third kappa shape index (κ3) is 3.55. The van der Waals surface area contributed by atoms with Crippen LogP contribution in [0.1, 0.15) is 23.0 Å². The van der Waals surface area contributed by atoms with Gasteiger partial charge in [0.1, 0.15) is 0 Å². The van der Waals surface area contributed by atoms with Crippen LogP contribution in [0.5, 0.6) is 0 Å². The number of pyridine rings is 1. The van der Waals surface area contributed by atoms with Crippen LogP contribution in [-0.2, 0) is 9.47 Å². The quantitative estimate of drug-likeness (QED) is 0.233. The van der Waals surface area contributed by atoms with E-state index in [2.05, 4.69) is 70.0 Å². The molecule has 0 atom stereocenters. The fraction of sp³-hybridized carbons (Fsp3) is 0.233. The monoisotopic (exact) mass is 464 g/mol. The van der Waals surface area contributed by atoms with Crippen LogP contribution in [0, 0.1) is 6.92 Å². The number of anilines is 1. The molecule has 0 aliphatic carbocycles. The van der Waals surface area contributed by atoms with E-state index in [9.17, 15) is 4.79 Å². The average molecular weight is 465 g/mol. The van der Waals surface area contributed by atoms with Crippen molar-refractivity contribution in [1.29, 1.82) is 0 Å². The van der Waals surface area contributed by atoms with Gasteiger partial charge in [-0.1, -0.05) is 48.5 Å². The molecule has 0 bridgehead atoms. The number of aromatic nitrogens is 1. The van der Waals surface area contributed by atoms with Gasteiger partial charge in [0.15, 0.2) is 0 Å². The highest BCUT2D eigenvalue weighted by Crippen LogP contribution is 2.39. The number of morpholine rings is 1. The standard InChI is InChI=1S/C30H28N2O3/c1-3-35-30(33)24-19-28-23-13-12-22(21-8-5-4-6-9-21)18-25(23)29-26(31-14-16-34-17-15-31)10-7-11-27(29)32(28)20(24)2/h4-13,18-19H,3,14-17H2,1-2H3. The number of carbonyl (C=O) groups excluding carboxylic acids is 1. The first-order valence-electron chi connectivity index (χ1n) is 12.2. The number of hydrogen-bond donors (Lipinski definition) is 0. The summed E-state index contributed by atoms with van der Waals surface area (Å²) in [6.45, 7) is 7.36. The van der Waals surface area contributed by atoms with Crippen LogP contribution in [0.25, 0.3) is 38.3 Å². The van der Waals surface area contributed by atoms with E-state index < -0.39 is 0 Å². The number of aryl methyl sites for hydroxylation is 1. The molecular weight excluding hydrogens is 436 g/mol. The zero-order chi connectivity index (χ0) is 23.9. The highest BCUT2D eigenvalue weighted by atomic mass is 16.5. The maximum Gasteiger partial charge on any atom is 0.339 e. The molecule has 6 rings (SSSR count). The summed E-state index contributed by atoms with van der Waals surface area (Å²) in [5.74, 6) is -0.278. The average Bonchev–Trinajstić information content (AvgIpc) is 3.27. The molecule has 1 aliphatic heterocycles. The molecule has 5 nitrogen and oxygen atoms in total. The second-order valence-corrected chi connectivity index (χ2v) is 8.98. The van der Waals surface area contributed by atoms with E-state index in [-0.39, 0.29) is 5.97 Å². The predicted octanol–water partition coefficient (Wildman–Crippen LogP) is 6.23. The first-order chi connectivity index (χ1) is 17.2. The lowest BCUT2D eigenvalue weighted by molar-refractivity contribution is 0.0525. The number of esters is 1. The fourth-order valence-electron chi connectivity index (χ4n) is 5.37. The lowest BCUT2D eigenvalue weighted by atomic mass is 9.97. The van der Waals surface area contributed by atoms with Gasteiger partial charge in [0.2, 0.25) is 0 Å². The molecule has 3 aromatic carbocycles. The van der Waals surface area contributed by atoms with Crippen LogP contribution < -0.4 is 4.90 Å². The van der Waals surface area contributed by atoms with Crippen LogP contribution in [0.4, 0.5) is 5.69 Å². The number of fused-ring (bicyclic) bond motifs is 6. The Morgan fingerprint density at radius 3 is 2.46 bits per heavy atom. The fourth-order valence-corrected chi connectivity index (χ4v) is 5.37. The zero-order valence-corrected chi connectivity index (χ0v) is 20.1. The van der Waals surface area contributed by atoms with E-state index in [4.69, 9.17) is 9.47 Å². The van der Waals surface area contributed by atoms with E-state index in [0.717, 1.165) is 48.4 Å². The van der Waals surface area contributed by atoms with Crippen LogP contribution in [0.2, 0.25) is 0 Å². The molecule has 1 fully saturated rings. The molecule has 0 radical (unpaired) electrons. The summed E-state index contributed by atoms with van der Waals surface area (Å²) >= 11 is 0. The molecule has 1 aliphatic rings. The molecule has 0 saturated carbocycles. The number of ether oxygens (including phenoxy) is 2. The number of benzene rings is 3. The van der Waals surface area contributed by atoms with E-state index in [0.29, 0.717) is 12.2 Å². The van der Waals surface area contributed by atoms with E-state index >= 15 is 0 Å². The summed E-state index contributed by atoms with van der Waals surface area (Å²) in [5.41, 5.74) is 7.19. The van der Waals surface area contributed by atoms with Gasteiger partial charge in [0.05, 0.1) is 36.4 Å². The Kier molecular flexibility index (Phi) is 5.42. The van der Waals surface area contributed by atoms with Crippen molar-refractivity contribution < 1.29 is 14.3 Å². The Hall–Kier alpha value is -3.83. The van der Waals surface area contributed by atoms with Crippen LogP contribution in [-0.4, -0.2) is 43.3 Å². The highest BCUT2D eigenvalue weighted by molar-refractivity contribution is 6.19. The highest BCUT2D eigenvalue weighted by Gasteiger charge is 2.22. The molecule has 0 unspecified atom stereocenters. The van der Waals surface area contributed by atoms with Crippen molar-refractivity contribution in [3.05, 3.63) is 84.1 Å². The van der Waals surface area contributed by atoms with Crippen molar-refractivity contribution in [2.75, 3.05) is 37.8 Å². The number of rotatable bonds is 4. The normalized spacial score (nSPS) is 14.2. The number of carbonyl (C=O) groups is 1. The van der Waals surface area contributed by atoms with Crippen molar-refractivity contribution in [2.45, 2.75) is 13.8 Å². The number of hydrogen-bond acceptors (Lipinski definition) is 4. The first kappa shape index (κ1) is 21.7. The molecule has 176 valence electrons. The van der Waals surface area contributed by atoms with Crippen molar-refractivity contribution in [3.63, 3.8) is 0 Å². The van der Waals surface area contributed by atoms with Gasteiger partial charge in [0, 0.05) is 35.2 Å². The zero-order valence-electron chi connectivity index (χ0n) is 20.1. The van der Waals surface area contributed by atoms with Gasteiger partial charge in [-0.15, -0.1) is 0 Å². The van der Waals surface area contributed by atoms with Crippen molar-refractivity contribution in [2.24, 2.45) is 0 Å². The minimum absolute atomic E-state index is 0.278. The van der Waals surface area contributed by atoms with Gasteiger partial charge >= 0.3 is 5.97 Å². The van der Waals surface area contributed by atoms with Gasteiger partial charge in [-0.25, -0.2) is 4.79 Å². The summed E-state index contributed by atoms with van der Waals surface area (Å²) < 4.78 is 13.2. The second-order valence-electron chi connectivity index (χ2n) is 8.98. The van der Waals surface area contributed by atoms with Gasteiger partial charge in [-0.2, -0.15) is 0 Å². The SMILES string of the molecule is CCOC(=O)c1cc2c3ccc(-c4ccccc4)cc3c3c(N4CCOCC4)cccc3n2c1C. The lowest BCUT2D eigenvalue weighted by Gasteiger charge is -2.30. The molecule has 0 N–H and O–H groups in total. The Morgan fingerprint density at radius 1 is 0.886 bits per heavy atom. The third-order valence-electron chi connectivity index (χ3n) is 7.03. The first-order valence-corrected chi connectivity index (χ1v) is 12.2. The Balaban J connectivity index is 1.73. The molecule has 5 aromatic rings. The van der Waals surface area contributed by atoms with Crippen molar-refractivity contribution in [1.82, 2.24) is 4.40 Å². The lowest BCUT2D eigenvalue weighted by Crippen LogP contribution is -2.36. The van der Waals surface area contributed by atoms with E-state index in [1.165, 1.54) is 27.6 Å². The van der Waals surface area contributed by atoms with E-state index in [1.54, 1.807) is 0 Å². The van der Waals surface area contributed by atoms with E-state index in [1.807, 2.05) is 26.0 Å². The topological polar surface area (TPSA) is 43.2 Å². The third-order valence-corrected chi connectivity index (χ3v) is 7.03. The summed E-state index contributed by atoms with van der Waals surface area (Å²) in [4.78, 5) is 15.2. The molecular formula is C30H28N2O3. The molecule has 3 heterocycles. The molecule has 35 heavy (non-hydrogen) atoms. The van der Waals surface area contributed by atoms with Gasteiger partial charge in [-0.05, 0) is 54.6 Å². The predicted molar refractivity (Wildman–Crippen MR) is 142 cm³/mol. The molecule has 1 saturated heterocycles. The van der Waals surface area contributed by atoms with Gasteiger partial charge < -0.3 is 18.8 Å². The molecule has 0 amide bonds. The minimum atomic E-state index is -0.278. The molecule has 0 spiro atoms. The largest absolute Gasteiger partial charge is 0.462 e. The Bertz CT molecular complexity index is 1560. The summed E-state index contributed by atoms with van der Waals surface area (Å²) in [5, 5.41) is 3.50. The summed E-state index contributed by atoms with van der Waals surface area (Å²) in [6, 6.07) is 25.6. The van der Waals surface area contributed by atoms with Gasteiger partial charge in [-0.3, -0.25) is 0 Å². The minimum Gasteiger partial charge on any atom is -0.462 e. The number of nitrogens with zero attached hydrogens (tertiary/aromatic N) is 2. The summed E-state index contributed by atoms with van der Waals surface area (Å²) in [6.07, 6.45) is 0. The van der Waals surface area contributed by atoms with Crippen LogP contribution >= 0.6 is 0 Å². The van der Waals surface area contributed by atoms with Crippen LogP contribution in [0.3, 0.4) is 0 Å². The second kappa shape index (κ2) is 8.75. The summed E-state index contributed by atoms with van der Waals surface area (Å²) in [7, 11) is 0. The van der Waals surface area contributed by atoms with Crippen molar-refractivity contribution in [3.8, 4) is 11.1 Å².